The molecular weight excluding hydrogens is 330 g/mol. The summed E-state index contributed by atoms with van der Waals surface area (Å²) in [7, 11) is 0. The maximum atomic E-state index is 11.9. The first kappa shape index (κ1) is 17.7. The number of hydrogen-bond donors (Lipinski definition) is 1. The molecule has 2 aromatic heterocycles. The van der Waals surface area contributed by atoms with Crippen molar-refractivity contribution in [1.82, 2.24) is 10.2 Å². The molecule has 0 aromatic carbocycles. The largest absolute Gasteiger partial charge is 0.301 e. The van der Waals surface area contributed by atoms with Gasteiger partial charge in [0, 0.05) is 18.8 Å². The van der Waals surface area contributed by atoms with Crippen LogP contribution in [0, 0.1) is 0 Å². The third-order valence-corrected chi connectivity index (χ3v) is 5.54. The minimum atomic E-state index is -0.115. The molecule has 0 saturated carbocycles. The molecular formula is C16H21N3O2S2. The Kier molecular flexibility index (Phi) is 6.85. The molecule has 0 aliphatic heterocycles. The first-order valence-corrected chi connectivity index (χ1v) is 9.53. The van der Waals surface area contributed by atoms with Crippen LogP contribution in [0.25, 0.3) is 0 Å². The van der Waals surface area contributed by atoms with Gasteiger partial charge < -0.3 is 5.32 Å². The predicted molar refractivity (Wildman–Crippen MR) is 94.4 cm³/mol. The number of ketones is 1. The second-order valence-electron chi connectivity index (χ2n) is 5.26. The Bertz CT molecular complexity index is 634. The Balaban J connectivity index is 1.75. The normalized spacial score (nSPS) is 10.9. The van der Waals surface area contributed by atoms with Crippen LogP contribution in [0.15, 0.2) is 17.5 Å². The zero-order valence-corrected chi connectivity index (χ0v) is 15.0. The van der Waals surface area contributed by atoms with Crippen molar-refractivity contribution in [2.45, 2.75) is 51.9 Å². The van der Waals surface area contributed by atoms with Crippen molar-refractivity contribution in [2.24, 2.45) is 0 Å². The predicted octanol–water partition coefficient (Wildman–Crippen LogP) is 4.49. The molecule has 0 bridgehead atoms. The standard InChI is InChI=1S/C16H21N3O2S2/c1-3-11(4-2)15-18-19-16(23-15)17-14(21)9-5-7-12(20)13-8-6-10-22-13/h6,8,10-11H,3-5,7,9H2,1-2H3,(H,17,19,21). The fourth-order valence-electron chi connectivity index (χ4n) is 2.24. The molecule has 1 N–H and O–H groups in total. The molecule has 23 heavy (non-hydrogen) atoms. The molecule has 124 valence electrons. The van der Waals surface area contributed by atoms with Crippen LogP contribution in [0.3, 0.4) is 0 Å². The molecule has 7 heteroatoms. The lowest BCUT2D eigenvalue weighted by Gasteiger charge is -2.05. The van der Waals surface area contributed by atoms with Gasteiger partial charge in [0.05, 0.1) is 4.88 Å². The topological polar surface area (TPSA) is 72.0 Å². The summed E-state index contributed by atoms with van der Waals surface area (Å²) in [6.07, 6.45) is 3.29. The first-order chi connectivity index (χ1) is 11.1. The number of carbonyl (C=O) groups is 2. The number of Topliss-reactive ketones (excluding diaryl/α,β-unsaturated/α-hetero) is 1. The Morgan fingerprint density at radius 2 is 2.00 bits per heavy atom. The summed E-state index contributed by atoms with van der Waals surface area (Å²) >= 11 is 2.87. The molecule has 0 unspecified atom stereocenters. The van der Waals surface area contributed by atoms with E-state index in [-0.39, 0.29) is 11.7 Å². The number of nitrogens with one attached hydrogen (secondary N) is 1. The molecule has 0 spiro atoms. The second-order valence-corrected chi connectivity index (χ2v) is 7.22. The van der Waals surface area contributed by atoms with Crippen molar-refractivity contribution in [3.8, 4) is 0 Å². The van der Waals surface area contributed by atoms with E-state index < -0.39 is 0 Å². The van der Waals surface area contributed by atoms with Gasteiger partial charge in [0.2, 0.25) is 11.0 Å². The highest BCUT2D eigenvalue weighted by molar-refractivity contribution is 7.15. The highest BCUT2D eigenvalue weighted by Crippen LogP contribution is 2.28. The van der Waals surface area contributed by atoms with Crippen molar-refractivity contribution in [3.05, 3.63) is 27.4 Å². The third kappa shape index (κ3) is 5.21. The maximum absolute atomic E-state index is 11.9. The van der Waals surface area contributed by atoms with Crippen LogP contribution in [0.1, 0.15) is 66.5 Å². The average Bonchev–Trinajstić information content (AvgIpc) is 3.20. The Morgan fingerprint density at radius 3 is 2.65 bits per heavy atom. The van der Waals surface area contributed by atoms with Crippen molar-refractivity contribution >= 4 is 39.5 Å². The van der Waals surface area contributed by atoms with E-state index in [9.17, 15) is 9.59 Å². The lowest BCUT2D eigenvalue weighted by atomic mass is 10.1. The van der Waals surface area contributed by atoms with Gasteiger partial charge in [0.25, 0.3) is 0 Å². The van der Waals surface area contributed by atoms with E-state index in [1.807, 2.05) is 17.5 Å². The molecule has 0 radical (unpaired) electrons. The minimum Gasteiger partial charge on any atom is -0.301 e. The minimum absolute atomic E-state index is 0.0970. The molecule has 2 heterocycles. The fourth-order valence-corrected chi connectivity index (χ4v) is 3.96. The van der Waals surface area contributed by atoms with Crippen LogP contribution >= 0.6 is 22.7 Å². The number of amides is 1. The van der Waals surface area contributed by atoms with Crippen molar-refractivity contribution in [3.63, 3.8) is 0 Å². The Morgan fingerprint density at radius 1 is 1.22 bits per heavy atom. The van der Waals surface area contributed by atoms with Gasteiger partial charge in [0.15, 0.2) is 5.78 Å². The lowest BCUT2D eigenvalue weighted by Crippen LogP contribution is -2.11. The summed E-state index contributed by atoms with van der Waals surface area (Å²) in [5.74, 6) is 0.387. The van der Waals surface area contributed by atoms with Crippen molar-refractivity contribution in [2.75, 3.05) is 5.32 Å². The number of rotatable bonds is 9. The van der Waals surface area contributed by atoms with E-state index in [1.54, 1.807) is 0 Å². The van der Waals surface area contributed by atoms with Crippen molar-refractivity contribution in [1.29, 1.82) is 0 Å². The number of anilines is 1. The number of thiophene rings is 1. The van der Waals surface area contributed by atoms with Crippen molar-refractivity contribution < 1.29 is 9.59 Å². The van der Waals surface area contributed by atoms with E-state index >= 15 is 0 Å². The molecule has 1 amide bonds. The van der Waals surface area contributed by atoms with Gasteiger partial charge in [0.1, 0.15) is 5.01 Å². The summed E-state index contributed by atoms with van der Waals surface area (Å²) in [5, 5.41) is 14.3. The molecule has 0 saturated heterocycles. The van der Waals surface area contributed by atoms with Crippen LogP contribution in [0.5, 0.6) is 0 Å². The smallest absolute Gasteiger partial charge is 0.226 e. The quantitative estimate of drug-likeness (QED) is 0.675. The lowest BCUT2D eigenvalue weighted by molar-refractivity contribution is -0.116. The zero-order valence-electron chi connectivity index (χ0n) is 13.4. The maximum Gasteiger partial charge on any atom is 0.226 e. The zero-order chi connectivity index (χ0) is 16.7. The third-order valence-electron chi connectivity index (χ3n) is 3.63. The molecule has 2 aromatic rings. The summed E-state index contributed by atoms with van der Waals surface area (Å²) < 4.78 is 0. The number of aromatic nitrogens is 2. The van der Waals surface area contributed by atoms with Crippen LogP contribution in [-0.2, 0) is 4.79 Å². The molecule has 0 aliphatic carbocycles. The van der Waals surface area contributed by atoms with Crippen LogP contribution in [0.4, 0.5) is 5.13 Å². The molecule has 2 rings (SSSR count). The number of hydrogen-bond acceptors (Lipinski definition) is 6. The number of nitrogens with zero attached hydrogens (tertiary/aromatic N) is 2. The fraction of sp³-hybridized carbons (Fsp3) is 0.500. The molecule has 5 nitrogen and oxygen atoms in total. The van der Waals surface area contributed by atoms with E-state index in [2.05, 4.69) is 29.4 Å². The summed E-state index contributed by atoms with van der Waals surface area (Å²) in [6.45, 7) is 4.25. The van der Waals surface area contributed by atoms with Gasteiger partial charge in [-0.2, -0.15) is 0 Å². The monoisotopic (exact) mass is 351 g/mol. The molecule has 0 atom stereocenters. The second kappa shape index (κ2) is 8.88. The summed E-state index contributed by atoms with van der Waals surface area (Å²) in [4.78, 5) is 24.5. The first-order valence-electron chi connectivity index (χ1n) is 7.84. The molecule has 0 aliphatic rings. The van der Waals surface area contributed by atoms with Crippen LogP contribution < -0.4 is 5.32 Å². The Hall–Kier alpha value is -1.60. The van der Waals surface area contributed by atoms with Crippen LogP contribution in [0.2, 0.25) is 0 Å². The molecule has 0 fully saturated rings. The number of carbonyl (C=O) groups excluding carboxylic acids is 2. The average molecular weight is 351 g/mol. The van der Waals surface area contributed by atoms with Gasteiger partial charge in [-0.05, 0) is 30.7 Å². The summed E-state index contributed by atoms with van der Waals surface area (Å²) in [6, 6.07) is 3.67. The highest BCUT2D eigenvalue weighted by atomic mass is 32.1. The van der Waals surface area contributed by atoms with Gasteiger partial charge in [-0.15, -0.1) is 21.5 Å². The van der Waals surface area contributed by atoms with Gasteiger partial charge in [-0.3, -0.25) is 9.59 Å². The van der Waals surface area contributed by atoms with Gasteiger partial charge in [-0.25, -0.2) is 0 Å². The van der Waals surface area contributed by atoms with Gasteiger partial charge in [-0.1, -0.05) is 31.3 Å². The van der Waals surface area contributed by atoms with E-state index in [0.717, 1.165) is 22.7 Å². The SMILES string of the molecule is CCC(CC)c1nnc(NC(=O)CCCC(=O)c2cccs2)s1. The Labute approximate surface area is 144 Å². The van der Waals surface area contributed by atoms with Crippen LogP contribution in [-0.4, -0.2) is 21.9 Å². The van der Waals surface area contributed by atoms with E-state index in [1.165, 1.54) is 22.7 Å². The van der Waals surface area contributed by atoms with E-state index in [4.69, 9.17) is 0 Å². The van der Waals surface area contributed by atoms with E-state index in [0.29, 0.717) is 30.3 Å². The highest BCUT2D eigenvalue weighted by Gasteiger charge is 2.15. The summed E-state index contributed by atoms with van der Waals surface area (Å²) in [5.41, 5.74) is 0. The van der Waals surface area contributed by atoms with Gasteiger partial charge >= 0.3 is 0 Å².